The van der Waals surface area contributed by atoms with Gasteiger partial charge < -0.3 is 10.5 Å². The Kier molecular flexibility index (Phi) is 3.73. The third-order valence-corrected chi connectivity index (χ3v) is 3.17. The van der Waals surface area contributed by atoms with Crippen molar-refractivity contribution in [1.29, 1.82) is 0 Å². The Bertz CT molecular complexity index is 763. The molecule has 0 saturated carbocycles. The Hall–Kier alpha value is -2.95. The molecular formula is C16H14N4O. The van der Waals surface area contributed by atoms with Crippen LogP contribution in [0.2, 0.25) is 0 Å². The molecule has 0 radical (unpaired) electrons. The maximum Gasteiger partial charge on any atom is 0.141 e. The minimum atomic E-state index is 0.604. The van der Waals surface area contributed by atoms with Crippen LogP contribution in [0.1, 0.15) is 5.56 Å². The Morgan fingerprint density at radius 3 is 2.67 bits per heavy atom. The number of hydrogen-bond acceptors (Lipinski definition) is 5. The molecule has 0 saturated heterocycles. The minimum Gasteiger partial charge on any atom is -0.411 e. The van der Waals surface area contributed by atoms with E-state index in [1.807, 2.05) is 48.5 Å². The number of oxime groups is 1. The summed E-state index contributed by atoms with van der Waals surface area (Å²) in [5.74, 6) is 0.783. The molecule has 5 heteroatoms. The smallest absolute Gasteiger partial charge is 0.141 e. The number of nitrogens with zero attached hydrogens (tertiary/aromatic N) is 3. The van der Waals surface area contributed by atoms with Crippen molar-refractivity contribution in [2.45, 2.75) is 6.42 Å². The van der Waals surface area contributed by atoms with Gasteiger partial charge in [0.1, 0.15) is 12.1 Å². The Morgan fingerprint density at radius 1 is 1.05 bits per heavy atom. The maximum atomic E-state index is 8.42. The van der Waals surface area contributed by atoms with Crippen LogP contribution in [0.5, 0.6) is 0 Å². The highest BCUT2D eigenvalue weighted by Crippen LogP contribution is 2.22. The van der Waals surface area contributed by atoms with Gasteiger partial charge in [0.25, 0.3) is 0 Å². The summed E-state index contributed by atoms with van der Waals surface area (Å²) in [6.45, 7) is 0. The molecule has 0 aliphatic rings. The highest BCUT2D eigenvalue weighted by molar-refractivity contribution is 5.90. The van der Waals surface area contributed by atoms with E-state index in [-0.39, 0.29) is 0 Å². The van der Waals surface area contributed by atoms with Crippen LogP contribution in [0.3, 0.4) is 0 Å². The number of hydrogen-bond donors (Lipinski definition) is 2. The van der Waals surface area contributed by atoms with Crippen molar-refractivity contribution >= 4 is 28.6 Å². The van der Waals surface area contributed by atoms with Crippen molar-refractivity contribution in [2.24, 2.45) is 5.16 Å². The first kappa shape index (κ1) is 13.1. The molecule has 3 rings (SSSR count). The van der Waals surface area contributed by atoms with E-state index < -0.39 is 0 Å². The van der Waals surface area contributed by atoms with Crippen LogP contribution in [0.25, 0.3) is 10.9 Å². The molecule has 104 valence electrons. The predicted octanol–water partition coefficient (Wildman–Crippen LogP) is 3.38. The zero-order valence-corrected chi connectivity index (χ0v) is 11.3. The third kappa shape index (κ3) is 2.97. The number of anilines is 2. The first-order valence-corrected chi connectivity index (χ1v) is 6.58. The number of fused-ring (bicyclic) bond motifs is 1. The van der Waals surface area contributed by atoms with Crippen LogP contribution < -0.4 is 5.32 Å². The van der Waals surface area contributed by atoms with Crippen LogP contribution in [0.4, 0.5) is 11.5 Å². The summed E-state index contributed by atoms with van der Waals surface area (Å²) in [6.07, 6.45) is 3.62. The molecule has 2 aromatic carbocycles. The monoisotopic (exact) mass is 278 g/mol. The highest BCUT2D eigenvalue weighted by atomic mass is 16.4. The molecule has 2 N–H and O–H groups in total. The van der Waals surface area contributed by atoms with Gasteiger partial charge in [0.05, 0.1) is 5.52 Å². The summed E-state index contributed by atoms with van der Waals surface area (Å²) in [7, 11) is 0. The van der Waals surface area contributed by atoms with Gasteiger partial charge in [-0.3, -0.25) is 0 Å². The van der Waals surface area contributed by atoms with Crippen LogP contribution >= 0.6 is 0 Å². The zero-order chi connectivity index (χ0) is 14.5. The van der Waals surface area contributed by atoms with Gasteiger partial charge in [-0.25, -0.2) is 9.97 Å². The van der Waals surface area contributed by atoms with Crippen molar-refractivity contribution in [3.63, 3.8) is 0 Å². The number of benzene rings is 2. The molecule has 0 aliphatic carbocycles. The van der Waals surface area contributed by atoms with Crippen molar-refractivity contribution < 1.29 is 5.21 Å². The summed E-state index contributed by atoms with van der Waals surface area (Å²) in [4.78, 5) is 8.54. The van der Waals surface area contributed by atoms with Crippen molar-refractivity contribution in [1.82, 2.24) is 9.97 Å². The van der Waals surface area contributed by atoms with E-state index in [1.165, 1.54) is 6.21 Å². The van der Waals surface area contributed by atoms with E-state index in [9.17, 15) is 0 Å². The molecule has 0 atom stereocenters. The predicted molar refractivity (Wildman–Crippen MR) is 83.2 cm³/mol. The molecule has 1 heterocycles. The molecule has 0 unspecified atom stereocenters. The van der Waals surface area contributed by atoms with Crippen molar-refractivity contribution in [3.05, 3.63) is 60.4 Å². The van der Waals surface area contributed by atoms with Gasteiger partial charge in [-0.2, -0.15) is 0 Å². The topological polar surface area (TPSA) is 70.4 Å². The average Bonchev–Trinajstić information content (AvgIpc) is 2.55. The summed E-state index contributed by atoms with van der Waals surface area (Å²) in [6, 6.07) is 15.8. The fourth-order valence-corrected chi connectivity index (χ4v) is 2.11. The van der Waals surface area contributed by atoms with E-state index in [0.717, 1.165) is 28.0 Å². The number of nitrogens with one attached hydrogen (secondary N) is 1. The molecule has 5 nitrogen and oxygen atoms in total. The zero-order valence-electron chi connectivity index (χ0n) is 11.3. The first-order chi connectivity index (χ1) is 10.4. The normalized spacial score (nSPS) is 11.0. The maximum absolute atomic E-state index is 8.42. The summed E-state index contributed by atoms with van der Waals surface area (Å²) in [5, 5.41) is 15.7. The standard InChI is InChI=1S/C16H14N4O/c21-19-10-9-12-5-7-13(8-6-12)20-16-14-3-1-2-4-15(14)17-11-18-16/h1-8,10-11,21H,9H2,(H,17,18,20). The molecule has 0 fully saturated rings. The summed E-state index contributed by atoms with van der Waals surface area (Å²) in [5.41, 5.74) is 2.93. The fraction of sp³-hybridized carbons (Fsp3) is 0.0625. The molecule has 21 heavy (non-hydrogen) atoms. The van der Waals surface area contributed by atoms with E-state index in [1.54, 1.807) is 6.33 Å². The molecule has 0 spiro atoms. The average molecular weight is 278 g/mol. The molecular weight excluding hydrogens is 264 g/mol. The number of aromatic nitrogens is 2. The van der Waals surface area contributed by atoms with Gasteiger partial charge in [-0.15, -0.1) is 5.16 Å². The lowest BCUT2D eigenvalue weighted by atomic mass is 10.1. The summed E-state index contributed by atoms with van der Waals surface area (Å²) < 4.78 is 0. The van der Waals surface area contributed by atoms with E-state index in [4.69, 9.17) is 5.21 Å². The molecule has 0 bridgehead atoms. The van der Waals surface area contributed by atoms with Crippen molar-refractivity contribution in [2.75, 3.05) is 5.32 Å². The van der Waals surface area contributed by atoms with Gasteiger partial charge in [-0.1, -0.05) is 24.3 Å². The second kappa shape index (κ2) is 6.00. The number of para-hydroxylation sites is 1. The molecule has 1 aromatic heterocycles. The van der Waals surface area contributed by atoms with Gasteiger partial charge >= 0.3 is 0 Å². The largest absolute Gasteiger partial charge is 0.411 e. The third-order valence-electron chi connectivity index (χ3n) is 3.17. The SMILES string of the molecule is ON=CCc1ccc(Nc2ncnc3ccccc23)cc1. The Labute approximate surface area is 122 Å². The van der Waals surface area contributed by atoms with E-state index in [0.29, 0.717) is 6.42 Å². The quantitative estimate of drug-likeness (QED) is 0.436. The molecule has 0 amide bonds. The lowest BCUT2D eigenvalue weighted by molar-refractivity contribution is 0.321. The van der Waals surface area contributed by atoms with Gasteiger partial charge in [0.2, 0.25) is 0 Å². The van der Waals surface area contributed by atoms with Crippen LogP contribution in [0.15, 0.2) is 60.0 Å². The number of rotatable bonds is 4. The van der Waals surface area contributed by atoms with Gasteiger partial charge in [0, 0.05) is 23.7 Å². The van der Waals surface area contributed by atoms with Crippen LogP contribution in [0, 0.1) is 0 Å². The van der Waals surface area contributed by atoms with Crippen molar-refractivity contribution in [3.8, 4) is 0 Å². The second-order valence-corrected chi connectivity index (χ2v) is 4.56. The van der Waals surface area contributed by atoms with Crippen LogP contribution in [-0.2, 0) is 6.42 Å². The minimum absolute atomic E-state index is 0.604. The van der Waals surface area contributed by atoms with Crippen LogP contribution in [-0.4, -0.2) is 21.4 Å². The molecule has 0 aliphatic heterocycles. The van der Waals surface area contributed by atoms with Gasteiger partial charge in [0.15, 0.2) is 0 Å². The van der Waals surface area contributed by atoms with E-state index >= 15 is 0 Å². The summed E-state index contributed by atoms with van der Waals surface area (Å²) >= 11 is 0. The highest BCUT2D eigenvalue weighted by Gasteiger charge is 2.03. The Balaban J connectivity index is 1.85. The second-order valence-electron chi connectivity index (χ2n) is 4.56. The lowest BCUT2D eigenvalue weighted by Gasteiger charge is -2.08. The Morgan fingerprint density at radius 2 is 1.86 bits per heavy atom. The first-order valence-electron chi connectivity index (χ1n) is 6.58. The lowest BCUT2D eigenvalue weighted by Crippen LogP contribution is -1.96. The van der Waals surface area contributed by atoms with E-state index in [2.05, 4.69) is 20.4 Å². The fourth-order valence-electron chi connectivity index (χ4n) is 2.11. The molecule has 3 aromatic rings. The van der Waals surface area contributed by atoms with Gasteiger partial charge in [-0.05, 0) is 29.8 Å².